The number of nitrogens with one attached hydrogen (secondary N) is 1. The number of pyridine rings is 2. The van der Waals surface area contributed by atoms with Crippen LogP contribution in [-0.4, -0.2) is 45.1 Å². The van der Waals surface area contributed by atoms with E-state index in [1.807, 2.05) is 24.4 Å². The van der Waals surface area contributed by atoms with E-state index in [0.29, 0.717) is 28.6 Å². The van der Waals surface area contributed by atoms with Crippen LogP contribution in [0.4, 0.5) is 11.6 Å². The normalized spacial score (nSPS) is 21.7. The molecule has 2 atom stereocenters. The zero-order chi connectivity index (χ0) is 18.4. The summed E-state index contributed by atoms with van der Waals surface area (Å²) in [5.74, 6) is 1.25. The van der Waals surface area contributed by atoms with Gasteiger partial charge in [0.05, 0.1) is 11.2 Å². The highest BCUT2D eigenvalue weighted by Gasteiger charge is 2.34. The second-order valence-corrected chi connectivity index (χ2v) is 8.26. The Labute approximate surface area is 165 Å². The highest BCUT2D eigenvalue weighted by molar-refractivity contribution is 7.99. The van der Waals surface area contributed by atoms with E-state index >= 15 is 0 Å². The Morgan fingerprint density at radius 2 is 2.11 bits per heavy atom. The van der Waals surface area contributed by atoms with Crippen molar-refractivity contribution in [3.63, 3.8) is 0 Å². The van der Waals surface area contributed by atoms with Crippen molar-refractivity contribution in [3.05, 3.63) is 35.6 Å². The first kappa shape index (κ1) is 17.0. The number of aromatic nitrogens is 4. The maximum atomic E-state index is 6.22. The van der Waals surface area contributed by atoms with E-state index in [2.05, 4.69) is 25.2 Å². The Kier molecular flexibility index (Phi) is 4.26. The third-order valence-electron chi connectivity index (χ3n) is 5.10. The highest BCUT2D eigenvalue weighted by atomic mass is 35.5. The highest BCUT2D eigenvalue weighted by Crippen LogP contribution is 2.35. The number of nitrogens with two attached hydrogens (primary N) is 1. The Hall–Kier alpha value is -2.16. The summed E-state index contributed by atoms with van der Waals surface area (Å²) < 4.78 is 0. The SMILES string of the molecule is Nc1nccc(Sc2ccc3nc(N4C[C@@H]5CCC4CN5)cnc3n2)c1Cl. The fourth-order valence-electron chi connectivity index (χ4n) is 3.69. The summed E-state index contributed by atoms with van der Waals surface area (Å²) in [5.41, 5.74) is 7.19. The number of anilines is 2. The van der Waals surface area contributed by atoms with Crippen LogP contribution in [0.3, 0.4) is 0 Å². The summed E-state index contributed by atoms with van der Waals surface area (Å²) in [6.45, 7) is 2.02. The van der Waals surface area contributed by atoms with Crippen LogP contribution in [0.2, 0.25) is 5.02 Å². The molecule has 3 aromatic rings. The molecule has 27 heavy (non-hydrogen) atoms. The van der Waals surface area contributed by atoms with Crippen LogP contribution in [0.1, 0.15) is 12.8 Å². The molecule has 1 unspecified atom stereocenters. The number of piperidine rings is 2. The zero-order valence-corrected chi connectivity index (χ0v) is 16.0. The van der Waals surface area contributed by atoms with Gasteiger partial charge < -0.3 is 16.0 Å². The van der Waals surface area contributed by atoms with Gasteiger partial charge in [-0.3, -0.25) is 0 Å². The minimum atomic E-state index is 0.317. The van der Waals surface area contributed by atoms with E-state index in [9.17, 15) is 0 Å². The van der Waals surface area contributed by atoms with Crippen LogP contribution < -0.4 is 16.0 Å². The molecule has 0 radical (unpaired) electrons. The van der Waals surface area contributed by atoms with Gasteiger partial charge in [0.25, 0.3) is 0 Å². The molecule has 2 bridgehead atoms. The fraction of sp³-hybridized carbons (Fsp3) is 0.333. The number of halogens is 1. The van der Waals surface area contributed by atoms with E-state index in [4.69, 9.17) is 22.3 Å². The lowest BCUT2D eigenvalue weighted by Crippen LogP contribution is -2.61. The molecule has 0 spiro atoms. The van der Waals surface area contributed by atoms with E-state index in [-0.39, 0.29) is 0 Å². The summed E-state index contributed by atoms with van der Waals surface area (Å²) in [6, 6.07) is 6.78. The summed E-state index contributed by atoms with van der Waals surface area (Å²) in [4.78, 5) is 21.2. The molecule has 0 saturated carbocycles. The molecule has 3 saturated heterocycles. The first-order valence-corrected chi connectivity index (χ1v) is 10.1. The van der Waals surface area contributed by atoms with Gasteiger partial charge in [0.1, 0.15) is 22.2 Å². The average Bonchev–Trinajstić information content (AvgIpc) is 2.72. The van der Waals surface area contributed by atoms with Crippen molar-refractivity contribution >= 4 is 46.2 Å². The van der Waals surface area contributed by atoms with E-state index in [1.165, 1.54) is 24.6 Å². The van der Waals surface area contributed by atoms with Gasteiger partial charge in [0, 0.05) is 36.3 Å². The van der Waals surface area contributed by atoms with Crippen LogP contribution in [0, 0.1) is 0 Å². The van der Waals surface area contributed by atoms with Gasteiger partial charge in [0.2, 0.25) is 0 Å². The Morgan fingerprint density at radius 1 is 1.19 bits per heavy atom. The summed E-state index contributed by atoms with van der Waals surface area (Å²) in [7, 11) is 0. The zero-order valence-electron chi connectivity index (χ0n) is 14.5. The third-order valence-corrected chi connectivity index (χ3v) is 6.61. The number of fused-ring (bicyclic) bond motifs is 4. The lowest BCUT2D eigenvalue weighted by Gasteiger charge is -2.46. The first-order chi connectivity index (χ1) is 13.2. The van der Waals surface area contributed by atoms with Crippen molar-refractivity contribution in [2.24, 2.45) is 0 Å². The van der Waals surface area contributed by atoms with Crippen molar-refractivity contribution in [2.45, 2.75) is 34.8 Å². The molecule has 9 heteroatoms. The number of hydrogen-bond donors (Lipinski definition) is 2. The van der Waals surface area contributed by atoms with Gasteiger partial charge in [-0.1, -0.05) is 23.4 Å². The molecular weight excluding hydrogens is 382 g/mol. The summed E-state index contributed by atoms with van der Waals surface area (Å²) in [5, 5.41) is 4.80. The topological polar surface area (TPSA) is 92.8 Å². The van der Waals surface area contributed by atoms with E-state index in [1.54, 1.807) is 6.20 Å². The molecule has 3 aromatic heterocycles. The minimum absolute atomic E-state index is 0.317. The molecular formula is C18H18ClN7S. The van der Waals surface area contributed by atoms with Crippen molar-refractivity contribution in [1.82, 2.24) is 25.3 Å². The first-order valence-electron chi connectivity index (χ1n) is 8.89. The Balaban J connectivity index is 1.42. The third kappa shape index (κ3) is 3.18. The predicted molar refractivity (Wildman–Crippen MR) is 107 cm³/mol. The molecule has 6 heterocycles. The quantitative estimate of drug-likeness (QED) is 0.694. The lowest BCUT2D eigenvalue weighted by atomic mass is 9.93. The van der Waals surface area contributed by atoms with E-state index in [0.717, 1.165) is 34.3 Å². The van der Waals surface area contributed by atoms with Gasteiger partial charge in [-0.05, 0) is 31.0 Å². The van der Waals surface area contributed by atoms with E-state index < -0.39 is 0 Å². The monoisotopic (exact) mass is 399 g/mol. The molecule has 7 nitrogen and oxygen atoms in total. The molecule has 6 rings (SSSR count). The number of rotatable bonds is 3. The number of piperazine rings is 1. The lowest BCUT2D eigenvalue weighted by molar-refractivity contribution is 0.289. The van der Waals surface area contributed by atoms with Crippen molar-refractivity contribution in [2.75, 3.05) is 23.7 Å². The summed E-state index contributed by atoms with van der Waals surface area (Å²) in [6.07, 6.45) is 5.92. The van der Waals surface area contributed by atoms with Gasteiger partial charge in [-0.15, -0.1) is 0 Å². The molecule has 3 aliphatic rings. The van der Waals surface area contributed by atoms with Gasteiger partial charge in [-0.25, -0.2) is 19.9 Å². The average molecular weight is 400 g/mol. The minimum Gasteiger partial charge on any atom is -0.382 e. The molecule has 3 fully saturated rings. The largest absolute Gasteiger partial charge is 0.382 e. The second-order valence-electron chi connectivity index (χ2n) is 6.82. The Bertz CT molecular complexity index is 1010. The van der Waals surface area contributed by atoms with Gasteiger partial charge >= 0.3 is 0 Å². The van der Waals surface area contributed by atoms with Gasteiger partial charge in [0.15, 0.2) is 5.65 Å². The van der Waals surface area contributed by atoms with Crippen LogP contribution in [0.5, 0.6) is 0 Å². The van der Waals surface area contributed by atoms with Crippen molar-refractivity contribution < 1.29 is 0 Å². The van der Waals surface area contributed by atoms with Gasteiger partial charge in [-0.2, -0.15) is 0 Å². The standard InChI is InChI=1S/C18H18ClN7S/c19-16-13(5-6-21-17(16)20)27-15-4-3-12-18(25-15)23-8-14(24-12)26-9-10-1-2-11(26)7-22-10/h3-6,8,10-11,22H,1-2,7,9H2,(H2,20,21)/t10-,11?/m0/s1. The molecule has 3 N–H and O–H groups in total. The second kappa shape index (κ2) is 6.78. The van der Waals surface area contributed by atoms with Crippen LogP contribution >= 0.6 is 23.4 Å². The van der Waals surface area contributed by atoms with Crippen LogP contribution in [-0.2, 0) is 0 Å². The molecule has 0 aliphatic carbocycles. The molecule has 3 aliphatic heterocycles. The maximum absolute atomic E-state index is 6.22. The van der Waals surface area contributed by atoms with Crippen molar-refractivity contribution in [3.8, 4) is 0 Å². The summed E-state index contributed by atoms with van der Waals surface area (Å²) >= 11 is 7.66. The van der Waals surface area contributed by atoms with Crippen LogP contribution in [0.15, 0.2) is 40.5 Å². The number of nitrogens with zero attached hydrogens (tertiary/aromatic N) is 5. The maximum Gasteiger partial charge on any atom is 0.179 e. The fourth-order valence-corrected chi connectivity index (χ4v) is 4.74. The molecule has 138 valence electrons. The van der Waals surface area contributed by atoms with Crippen LogP contribution in [0.25, 0.3) is 11.2 Å². The number of hydrogen-bond acceptors (Lipinski definition) is 8. The smallest absolute Gasteiger partial charge is 0.179 e. The van der Waals surface area contributed by atoms with Crippen molar-refractivity contribution in [1.29, 1.82) is 0 Å². The Morgan fingerprint density at radius 3 is 2.89 bits per heavy atom. The number of nitrogen functional groups attached to an aromatic ring is 1. The molecule has 0 amide bonds. The predicted octanol–water partition coefficient (Wildman–Crippen LogP) is 2.75. The molecule has 0 aromatic carbocycles.